The van der Waals surface area contributed by atoms with Crippen molar-refractivity contribution in [1.82, 2.24) is 0 Å². The molecule has 0 aliphatic rings. The summed E-state index contributed by atoms with van der Waals surface area (Å²) in [5.74, 6) is -0.389. The lowest BCUT2D eigenvalue weighted by Crippen LogP contribution is -2.15. The fourth-order valence-corrected chi connectivity index (χ4v) is 1.84. The van der Waals surface area contributed by atoms with Crippen LogP contribution in [0.1, 0.15) is 21.5 Å². The SMILES string of the molecule is CSCc1cc(C(F)(F)F)ccc1C(N)=O. The Bertz CT molecular complexity index is 404. The van der Waals surface area contributed by atoms with E-state index in [9.17, 15) is 18.0 Å². The molecule has 0 fully saturated rings. The molecule has 88 valence electrons. The van der Waals surface area contributed by atoms with E-state index in [4.69, 9.17) is 5.73 Å². The van der Waals surface area contributed by atoms with Crippen LogP contribution < -0.4 is 5.73 Å². The quantitative estimate of drug-likeness (QED) is 0.894. The van der Waals surface area contributed by atoms with Crippen LogP contribution in [0.2, 0.25) is 0 Å². The lowest BCUT2D eigenvalue weighted by atomic mass is 10.0. The van der Waals surface area contributed by atoms with E-state index in [0.717, 1.165) is 18.2 Å². The molecule has 1 rings (SSSR count). The summed E-state index contributed by atoms with van der Waals surface area (Å²) >= 11 is 1.33. The van der Waals surface area contributed by atoms with Crippen molar-refractivity contribution in [2.24, 2.45) is 5.73 Å². The van der Waals surface area contributed by atoms with Crippen LogP contribution in [0, 0.1) is 0 Å². The number of halogens is 3. The number of alkyl halides is 3. The summed E-state index contributed by atoms with van der Waals surface area (Å²) in [6, 6.07) is 2.96. The molecule has 0 saturated carbocycles. The van der Waals surface area contributed by atoms with Crippen LogP contribution in [0.5, 0.6) is 0 Å². The van der Waals surface area contributed by atoms with Gasteiger partial charge in [-0.25, -0.2) is 0 Å². The molecule has 0 heterocycles. The van der Waals surface area contributed by atoms with Gasteiger partial charge in [-0.15, -0.1) is 0 Å². The summed E-state index contributed by atoms with van der Waals surface area (Å²) in [6.07, 6.45) is -2.66. The van der Waals surface area contributed by atoms with Crippen LogP contribution >= 0.6 is 11.8 Å². The molecule has 0 saturated heterocycles. The standard InChI is InChI=1S/C10H10F3NOS/c1-16-5-6-4-7(10(11,12)13)2-3-8(6)9(14)15/h2-4H,5H2,1H3,(H2,14,15). The van der Waals surface area contributed by atoms with Crippen LogP contribution in [0.4, 0.5) is 13.2 Å². The lowest BCUT2D eigenvalue weighted by Gasteiger charge is -2.11. The Kier molecular flexibility index (Phi) is 3.85. The molecule has 0 radical (unpaired) electrons. The number of nitrogens with two attached hydrogens (primary N) is 1. The number of carbonyl (C=O) groups excluding carboxylic acids is 1. The number of hydrogen-bond donors (Lipinski definition) is 1. The summed E-state index contributed by atoms with van der Waals surface area (Å²) in [6.45, 7) is 0. The van der Waals surface area contributed by atoms with E-state index in [2.05, 4.69) is 0 Å². The van der Waals surface area contributed by atoms with Gasteiger partial charge in [-0.1, -0.05) is 0 Å². The Morgan fingerprint density at radius 2 is 2.06 bits per heavy atom. The first-order chi connectivity index (χ1) is 7.36. The molecular formula is C10H10F3NOS. The Labute approximate surface area is 95.0 Å². The van der Waals surface area contributed by atoms with Crippen molar-refractivity contribution in [3.8, 4) is 0 Å². The number of carbonyl (C=O) groups is 1. The highest BCUT2D eigenvalue weighted by Crippen LogP contribution is 2.31. The van der Waals surface area contributed by atoms with Crippen molar-refractivity contribution >= 4 is 17.7 Å². The summed E-state index contributed by atoms with van der Waals surface area (Å²) < 4.78 is 37.3. The number of amides is 1. The van der Waals surface area contributed by atoms with Gasteiger partial charge < -0.3 is 5.73 Å². The summed E-state index contributed by atoms with van der Waals surface area (Å²) in [5.41, 5.74) is 4.77. The predicted octanol–water partition coefficient (Wildman–Crippen LogP) is 2.67. The highest BCUT2D eigenvalue weighted by Gasteiger charge is 2.31. The van der Waals surface area contributed by atoms with Gasteiger partial charge in [0.2, 0.25) is 5.91 Å². The zero-order chi connectivity index (χ0) is 12.3. The zero-order valence-corrected chi connectivity index (χ0v) is 9.28. The van der Waals surface area contributed by atoms with Gasteiger partial charge in [0.15, 0.2) is 0 Å². The van der Waals surface area contributed by atoms with Gasteiger partial charge >= 0.3 is 6.18 Å². The largest absolute Gasteiger partial charge is 0.416 e. The number of hydrogen-bond acceptors (Lipinski definition) is 2. The van der Waals surface area contributed by atoms with Gasteiger partial charge in [-0.3, -0.25) is 4.79 Å². The molecule has 2 N–H and O–H groups in total. The molecule has 2 nitrogen and oxygen atoms in total. The molecule has 0 aromatic heterocycles. The van der Waals surface area contributed by atoms with Crippen molar-refractivity contribution in [2.45, 2.75) is 11.9 Å². The first-order valence-corrected chi connectivity index (χ1v) is 5.74. The number of primary amides is 1. The van der Waals surface area contributed by atoms with Crippen LogP contribution in [-0.2, 0) is 11.9 Å². The van der Waals surface area contributed by atoms with Gasteiger partial charge in [-0.2, -0.15) is 24.9 Å². The van der Waals surface area contributed by atoms with Gasteiger partial charge in [0.25, 0.3) is 0 Å². The fraction of sp³-hybridized carbons (Fsp3) is 0.300. The summed E-state index contributed by atoms with van der Waals surface area (Å²) in [7, 11) is 0. The third-order valence-corrected chi connectivity index (χ3v) is 2.60. The molecule has 1 aromatic carbocycles. The van der Waals surface area contributed by atoms with Gasteiger partial charge in [-0.05, 0) is 30.0 Å². The molecule has 16 heavy (non-hydrogen) atoms. The topological polar surface area (TPSA) is 43.1 Å². The van der Waals surface area contributed by atoms with Crippen LogP contribution in [-0.4, -0.2) is 12.2 Å². The second-order valence-electron chi connectivity index (χ2n) is 3.17. The normalized spacial score (nSPS) is 11.5. The van der Waals surface area contributed by atoms with Crippen molar-refractivity contribution in [3.63, 3.8) is 0 Å². The van der Waals surface area contributed by atoms with E-state index < -0.39 is 17.6 Å². The molecule has 0 bridgehead atoms. The molecular weight excluding hydrogens is 239 g/mol. The van der Waals surface area contributed by atoms with E-state index in [-0.39, 0.29) is 5.56 Å². The first-order valence-electron chi connectivity index (χ1n) is 4.35. The number of thioether (sulfide) groups is 1. The Morgan fingerprint density at radius 3 is 2.50 bits per heavy atom. The Hall–Kier alpha value is -1.17. The number of rotatable bonds is 3. The monoisotopic (exact) mass is 249 g/mol. The van der Waals surface area contributed by atoms with E-state index in [0.29, 0.717) is 11.3 Å². The van der Waals surface area contributed by atoms with E-state index in [1.54, 1.807) is 6.26 Å². The van der Waals surface area contributed by atoms with Crippen molar-refractivity contribution in [1.29, 1.82) is 0 Å². The third-order valence-electron chi connectivity index (χ3n) is 2.00. The highest BCUT2D eigenvalue weighted by atomic mass is 32.2. The second-order valence-corrected chi connectivity index (χ2v) is 4.03. The predicted molar refractivity (Wildman–Crippen MR) is 57.2 cm³/mol. The van der Waals surface area contributed by atoms with Gasteiger partial charge in [0, 0.05) is 11.3 Å². The van der Waals surface area contributed by atoms with Gasteiger partial charge in [0.05, 0.1) is 5.56 Å². The van der Waals surface area contributed by atoms with Crippen molar-refractivity contribution in [2.75, 3.05) is 6.26 Å². The van der Waals surface area contributed by atoms with Crippen LogP contribution in [0.3, 0.4) is 0 Å². The minimum atomic E-state index is -4.40. The maximum Gasteiger partial charge on any atom is 0.416 e. The van der Waals surface area contributed by atoms with E-state index in [1.165, 1.54) is 11.8 Å². The second kappa shape index (κ2) is 4.78. The van der Waals surface area contributed by atoms with Crippen molar-refractivity contribution < 1.29 is 18.0 Å². The molecule has 6 heteroatoms. The highest BCUT2D eigenvalue weighted by molar-refractivity contribution is 7.97. The smallest absolute Gasteiger partial charge is 0.366 e. The average molecular weight is 249 g/mol. The van der Waals surface area contributed by atoms with Crippen LogP contribution in [0.15, 0.2) is 18.2 Å². The summed E-state index contributed by atoms with van der Waals surface area (Å²) in [5, 5.41) is 0. The molecule has 0 atom stereocenters. The number of benzene rings is 1. The summed E-state index contributed by atoms with van der Waals surface area (Å²) in [4.78, 5) is 11.0. The molecule has 1 aromatic rings. The molecule has 0 unspecified atom stereocenters. The minimum absolute atomic E-state index is 0.141. The van der Waals surface area contributed by atoms with Crippen molar-refractivity contribution in [3.05, 3.63) is 34.9 Å². The molecule has 0 aliphatic carbocycles. The average Bonchev–Trinajstić information content (AvgIpc) is 2.16. The van der Waals surface area contributed by atoms with Gasteiger partial charge in [0.1, 0.15) is 0 Å². The Balaban J connectivity index is 3.22. The maximum atomic E-state index is 12.4. The third kappa shape index (κ3) is 2.91. The lowest BCUT2D eigenvalue weighted by molar-refractivity contribution is -0.137. The zero-order valence-electron chi connectivity index (χ0n) is 8.47. The fourth-order valence-electron chi connectivity index (χ4n) is 1.29. The molecule has 0 spiro atoms. The molecule has 1 amide bonds. The van der Waals surface area contributed by atoms with E-state index in [1.807, 2.05) is 0 Å². The van der Waals surface area contributed by atoms with E-state index >= 15 is 0 Å². The maximum absolute atomic E-state index is 12.4. The Morgan fingerprint density at radius 1 is 1.44 bits per heavy atom. The van der Waals surface area contributed by atoms with Crippen LogP contribution in [0.25, 0.3) is 0 Å². The molecule has 0 aliphatic heterocycles. The minimum Gasteiger partial charge on any atom is -0.366 e. The first kappa shape index (κ1) is 12.9.